The van der Waals surface area contributed by atoms with Gasteiger partial charge in [0.05, 0.1) is 24.3 Å². The van der Waals surface area contributed by atoms with E-state index in [1.54, 1.807) is 12.1 Å². The second-order valence-corrected chi connectivity index (χ2v) is 5.37. The molecule has 1 aliphatic rings. The first-order valence-electron chi connectivity index (χ1n) is 7.16. The van der Waals surface area contributed by atoms with Gasteiger partial charge in [0.2, 0.25) is 0 Å². The minimum Gasteiger partial charge on any atom is -0.394 e. The standard InChI is InChI=1S/C15H21N3O2/c16-8-11-6-7-14(17-9-11)18-13(10-19)15(20)12-4-2-1-3-5-12/h6-7,9,12-13,15,19-20H,1-5,10H2,(H,17,18)/t13-,15+/m1/s1. The van der Waals surface area contributed by atoms with E-state index in [-0.39, 0.29) is 12.5 Å². The molecule has 1 heterocycles. The first kappa shape index (κ1) is 14.8. The Bertz CT molecular complexity index is 449. The molecule has 1 aromatic heterocycles. The van der Waals surface area contributed by atoms with E-state index in [9.17, 15) is 10.2 Å². The highest BCUT2D eigenvalue weighted by Crippen LogP contribution is 2.28. The van der Waals surface area contributed by atoms with Gasteiger partial charge in [0.25, 0.3) is 0 Å². The van der Waals surface area contributed by atoms with Gasteiger partial charge in [0, 0.05) is 6.20 Å². The molecule has 1 fully saturated rings. The highest BCUT2D eigenvalue weighted by Gasteiger charge is 2.28. The van der Waals surface area contributed by atoms with Gasteiger partial charge < -0.3 is 15.5 Å². The summed E-state index contributed by atoms with van der Waals surface area (Å²) in [6.07, 6.45) is 6.46. The number of anilines is 1. The lowest BCUT2D eigenvalue weighted by atomic mass is 9.83. The molecule has 2 atom stereocenters. The average Bonchev–Trinajstić information content (AvgIpc) is 2.53. The Labute approximate surface area is 119 Å². The summed E-state index contributed by atoms with van der Waals surface area (Å²) in [4.78, 5) is 4.11. The van der Waals surface area contributed by atoms with Gasteiger partial charge in [-0.1, -0.05) is 19.3 Å². The van der Waals surface area contributed by atoms with Crippen LogP contribution in [0.3, 0.4) is 0 Å². The van der Waals surface area contributed by atoms with E-state index in [0.717, 1.165) is 25.7 Å². The van der Waals surface area contributed by atoms with Crippen molar-refractivity contribution < 1.29 is 10.2 Å². The van der Waals surface area contributed by atoms with Gasteiger partial charge in [0.1, 0.15) is 11.9 Å². The molecule has 5 heteroatoms. The fourth-order valence-electron chi connectivity index (χ4n) is 2.78. The normalized spacial score (nSPS) is 19.1. The predicted molar refractivity (Wildman–Crippen MR) is 76.0 cm³/mol. The lowest BCUT2D eigenvalue weighted by molar-refractivity contribution is 0.0493. The summed E-state index contributed by atoms with van der Waals surface area (Å²) in [6, 6.07) is 4.94. The second kappa shape index (κ2) is 7.22. The van der Waals surface area contributed by atoms with E-state index in [4.69, 9.17) is 5.26 Å². The molecule has 0 spiro atoms. The SMILES string of the molecule is N#Cc1ccc(N[C@H](CO)[C@@H](O)C2CCCCC2)nc1. The summed E-state index contributed by atoms with van der Waals surface area (Å²) < 4.78 is 0. The van der Waals surface area contributed by atoms with Crippen LogP contribution in [0.2, 0.25) is 0 Å². The van der Waals surface area contributed by atoms with Crippen molar-refractivity contribution in [2.45, 2.75) is 44.2 Å². The lowest BCUT2D eigenvalue weighted by Gasteiger charge is -2.32. The summed E-state index contributed by atoms with van der Waals surface area (Å²) in [7, 11) is 0. The number of nitrogens with zero attached hydrogens (tertiary/aromatic N) is 2. The third-order valence-electron chi connectivity index (χ3n) is 3.97. The van der Waals surface area contributed by atoms with Gasteiger partial charge in [-0.05, 0) is 30.9 Å². The van der Waals surface area contributed by atoms with Crippen LogP contribution in [0.25, 0.3) is 0 Å². The third-order valence-corrected chi connectivity index (χ3v) is 3.97. The van der Waals surface area contributed by atoms with Crippen molar-refractivity contribution in [3.05, 3.63) is 23.9 Å². The lowest BCUT2D eigenvalue weighted by Crippen LogP contribution is -2.42. The van der Waals surface area contributed by atoms with Crippen LogP contribution in [0.15, 0.2) is 18.3 Å². The average molecular weight is 275 g/mol. The molecular weight excluding hydrogens is 254 g/mol. The van der Waals surface area contributed by atoms with Crippen molar-refractivity contribution in [3.63, 3.8) is 0 Å². The number of hydrogen-bond acceptors (Lipinski definition) is 5. The molecule has 0 aliphatic heterocycles. The Morgan fingerprint density at radius 2 is 2.10 bits per heavy atom. The van der Waals surface area contributed by atoms with E-state index in [2.05, 4.69) is 10.3 Å². The summed E-state index contributed by atoms with van der Waals surface area (Å²) in [5.41, 5.74) is 0.490. The summed E-state index contributed by atoms with van der Waals surface area (Å²) in [5.74, 6) is 0.810. The summed E-state index contributed by atoms with van der Waals surface area (Å²) in [6.45, 7) is -0.140. The van der Waals surface area contributed by atoms with Crippen molar-refractivity contribution in [3.8, 4) is 6.07 Å². The van der Waals surface area contributed by atoms with Crippen LogP contribution in [0.1, 0.15) is 37.7 Å². The molecule has 0 amide bonds. The van der Waals surface area contributed by atoms with Crippen molar-refractivity contribution >= 4 is 5.82 Å². The quantitative estimate of drug-likeness (QED) is 0.760. The molecule has 1 aliphatic carbocycles. The van der Waals surface area contributed by atoms with Crippen molar-refractivity contribution in [2.24, 2.45) is 5.92 Å². The maximum absolute atomic E-state index is 10.4. The zero-order chi connectivity index (χ0) is 14.4. The number of nitrogens with one attached hydrogen (secondary N) is 1. The number of aliphatic hydroxyl groups is 2. The topological polar surface area (TPSA) is 89.2 Å². The van der Waals surface area contributed by atoms with Crippen molar-refractivity contribution in [2.75, 3.05) is 11.9 Å². The summed E-state index contributed by atoms with van der Waals surface area (Å²) >= 11 is 0. The van der Waals surface area contributed by atoms with Crippen LogP contribution >= 0.6 is 0 Å². The minimum absolute atomic E-state index is 0.140. The van der Waals surface area contributed by atoms with Crippen LogP contribution in [-0.2, 0) is 0 Å². The third kappa shape index (κ3) is 3.69. The van der Waals surface area contributed by atoms with E-state index in [0.29, 0.717) is 11.4 Å². The highest BCUT2D eigenvalue weighted by molar-refractivity contribution is 5.40. The van der Waals surface area contributed by atoms with Gasteiger partial charge in [-0.2, -0.15) is 5.26 Å². The Hall–Kier alpha value is -1.64. The molecule has 20 heavy (non-hydrogen) atoms. The van der Waals surface area contributed by atoms with E-state index < -0.39 is 12.1 Å². The Morgan fingerprint density at radius 3 is 2.65 bits per heavy atom. The van der Waals surface area contributed by atoms with Crippen molar-refractivity contribution in [1.82, 2.24) is 4.98 Å². The monoisotopic (exact) mass is 275 g/mol. The number of nitriles is 1. The minimum atomic E-state index is -0.572. The largest absolute Gasteiger partial charge is 0.394 e. The predicted octanol–water partition coefficient (Wildman–Crippen LogP) is 1.67. The van der Waals surface area contributed by atoms with Gasteiger partial charge >= 0.3 is 0 Å². The van der Waals surface area contributed by atoms with Crippen LogP contribution in [0, 0.1) is 17.2 Å². The smallest absolute Gasteiger partial charge is 0.126 e. The molecule has 3 N–H and O–H groups in total. The zero-order valence-corrected chi connectivity index (χ0v) is 11.5. The van der Waals surface area contributed by atoms with Crippen LogP contribution in [-0.4, -0.2) is 33.9 Å². The number of aromatic nitrogens is 1. The number of rotatable bonds is 5. The number of hydrogen-bond donors (Lipinski definition) is 3. The Kier molecular flexibility index (Phi) is 5.33. The molecule has 0 bridgehead atoms. The first-order valence-corrected chi connectivity index (χ1v) is 7.16. The molecule has 0 unspecified atom stereocenters. The number of aliphatic hydroxyl groups excluding tert-OH is 2. The van der Waals surface area contributed by atoms with Crippen molar-refractivity contribution in [1.29, 1.82) is 5.26 Å². The second-order valence-electron chi connectivity index (χ2n) is 5.37. The van der Waals surface area contributed by atoms with E-state index in [1.165, 1.54) is 12.6 Å². The fraction of sp³-hybridized carbons (Fsp3) is 0.600. The number of pyridine rings is 1. The molecule has 1 aromatic rings. The fourth-order valence-corrected chi connectivity index (χ4v) is 2.78. The maximum Gasteiger partial charge on any atom is 0.126 e. The Balaban J connectivity index is 1.98. The van der Waals surface area contributed by atoms with Crippen LogP contribution in [0.4, 0.5) is 5.82 Å². The van der Waals surface area contributed by atoms with Gasteiger partial charge in [-0.15, -0.1) is 0 Å². The van der Waals surface area contributed by atoms with Gasteiger partial charge in [0.15, 0.2) is 0 Å². The van der Waals surface area contributed by atoms with Crippen LogP contribution < -0.4 is 5.32 Å². The van der Waals surface area contributed by atoms with E-state index >= 15 is 0 Å². The zero-order valence-electron chi connectivity index (χ0n) is 11.5. The molecule has 2 rings (SSSR count). The summed E-state index contributed by atoms with van der Waals surface area (Å²) in [5, 5.41) is 31.7. The van der Waals surface area contributed by atoms with Gasteiger partial charge in [-0.25, -0.2) is 4.98 Å². The molecule has 0 radical (unpaired) electrons. The molecule has 0 saturated heterocycles. The molecule has 1 saturated carbocycles. The molecule has 5 nitrogen and oxygen atoms in total. The first-order chi connectivity index (χ1) is 9.74. The van der Waals surface area contributed by atoms with E-state index in [1.807, 2.05) is 6.07 Å². The highest BCUT2D eigenvalue weighted by atomic mass is 16.3. The molecule has 0 aromatic carbocycles. The molecular formula is C15H21N3O2. The maximum atomic E-state index is 10.4. The van der Waals surface area contributed by atoms with Crippen LogP contribution in [0.5, 0.6) is 0 Å². The Morgan fingerprint density at radius 1 is 1.35 bits per heavy atom. The van der Waals surface area contributed by atoms with Gasteiger partial charge in [-0.3, -0.25) is 0 Å². The molecule has 108 valence electrons.